The second kappa shape index (κ2) is 5.07. The van der Waals surface area contributed by atoms with Gasteiger partial charge in [-0.25, -0.2) is 0 Å². The summed E-state index contributed by atoms with van der Waals surface area (Å²) in [6.45, 7) is 7.22. The molecule has 0 amide bonds. The highest BCUT2D eigenvalue weighted by Gasteiger charge is 2.08. The van der Waals surface area contributed by atoms with Crippen LogP contribution < -0.4 is 5.32 Å². The highest BCUT2D eigenvalue weighted by molar-refractivity contribution is 5.32. The molecule has 0 fully saturated rings. The number of hydrogen-bond acceptors (Lipinski definition) is 3. The largest absolute Gasteiger partial charge is 0.312 e. The Hall–Kier alpha value is -1.42. The topological polar surface area (TPSA) is 55.2 Å². The third kappa shape index (κ3) is 4.40. The van der Waals surface area contributed by atoms with Gasteiger partial charge in [-0.05, 0) is 39.3 Å². The van der Waals surface area contributed by atoms with E-state index in [4.69, 9.17) is 0 Å². The number of nitro groups is 1. The molecule has 4 heteroatoms. The van der Waals surface area contributed by atoms with Gasteiger partial charge in [0.05, 0.1) is 4.92 Å². The summed E-state index contributed by atoms with van der Waals surface area (Å²) >= 11 is 0. The zero-order valence-electron chi connectivity index (χ0n) is 9.99. The molecule has 0 bridgehead atoms. The lowest BCUT2D eigenvalue weighted by Gasteiger charge is -2.20. The SMILES string of the molecule is CC(C)(C)NCCc1ccc([N+](=O)[O-])cc1. The minimum absolute atomic E-state index is 0.112. The number of rotatable bonds is 4. The molecule has 1 aromatic carbocycles. The lowest BCUT2D eigenvalue weighted by molar-refractivity contribution is -0.384. The smallest absolute Gasteiger partial charge is 0.269 e. The molecule has 0 radical (unpaired) electrons. The lowest BCUT2D eigenvalue weighted by Crippen LogP contribution is -2.37. The molecule has 0 aliphatic heterocycles. The van der Waals surface area contributed by atoms with Crippen LogP contribution in [-0.2, 0) is 6.42 Å². The van der Waals surface area contributed by atoms with Crippen molar-refractivity contribution in [2.24, 2.45) is 0 Å². The fourth-order valence-corrected chi connectivity index (χ4v) is 1.37. The summed E-state index contributed by atoms with van der Waals surface area (Å²) < 4.78 is 0. The Bertz CT molecular complexity index is 352. The van der Waals surface area contributed by atoms with Crippen LogP contribution in [0.1, 0.15) is 26.3 Å². The Morgan fingerprint density at radius 1 is 1.25 bits per heavy atom. The van der Waals surface area contributed by atoms with Crippen LogP contribution in [0, 0.1) is 10.1 Å². The Labute approximate surface area is 95.8 Å². The van der Waals surface area contributed by atoms with E-state index < -0.39 is 0 Å². The van der Waals surface area contributed by atoms with E-state index in [9.17, 15) is 10.1 Å². The van der Waals surface area contributed by atoms with Crippen LogP contribution in [-0.4, -0.2) is 17.0 Å². The van der Waals surface area contributed by atoms with Gasteiger partial charge < -0.3 is 5.32 Å². The molecule has 0 saturated carbocycles. The third-order valence-corrected chi connectivity index (χ3v) is 2.22. The second-order valence-corrected chi connectivity index (χ2v) is 4.85. The Balaban J connectivity index is 2.47. The van der Waals surface area contributed by atoms with Crippen LogP contribution in [0.15, 0.2) is 24.3 Å². The number of non-ortho nitro benzene ring substituents is 1. The first kappa shape index (κ1) is 12.6. The van der Waals surface area contributed by atoms with Gasteiger partial charge in [-0.2, -0.15) is 0 Å². The summed E-state index contributed by atoms with van der Waals surface area (Å²) in [5.74, 6) is 0. The molecule has 1 aromatic rings. The molecule has 4 nitrogen and oxygen atoms in total. The van der Waals surface area contributed by atoms with E-state index in [1.807, 2.05) is 12.1 Å². The van der Waals surface area contributed by atoms with Crippen LogP contribution in [0.3, 0.4) is 0 Å². The maximum atomic E-state index is 10.5. The normalized spacial score (nSPS) is 11.4. The van der Waals surface area contributed by atoms with Crippen LogP contribution >= 0.6 is 0 Å². The monoisotopic (exact) mass is 222 g/mol. The average molecular weight is 222 g/mol. The van der Waals surface area contributed by atoms with Gasteiger partial charge in [-0.3, -0.25) is 10.1 Å². The molecule has 16 heavy (non-hydrogen) atoms. The maximum absolute atomic E-state index is 10.5. The highest BCUT2D eigenvalue weighted by Crippen LogP contribution is 2.12. The summed E-state index contributed by atoms with van der Waals surface area (Å²) in [5, 5.41) is 13.8. The van der Waals surface area contributed by atoms with Gasteiger partial charge in [0.25, 0.3) is 5.69 Å². The molecule has 0 aromatic heterocycles. The van der Waals surface area contributed by atoms with Crippen LogP contribution in [0.2, 0.25) is 0 Å². The Kier molecular flexibility index (Phi) is 4.01. The van der Waals surface area contributed by atoms with E-state index in [1.165, 1.54) is 0 Å². The van der Waals surface area contributed by atoms with Gasteiger partial charge >= 0.3 is 0 Å². The van der Waals surface area contributed by atoms with Crippen LogP contribution in [0.5, 0.6) is 0 Å². The van der Waals surface area contributed by atoms with E-state index in [0.717, 1.165) is 18.5 Å². The Morgan fingerprint density at radius 2 is 1.81 bits per heavy atom. The minimum atomic E-state index is -0.378. The molecule has 0 unspecified atom stereocenters. The van der Waals surface area contributed by atoms with Crippen molar-refractivity contribution in [2.75, 3.05) is 6.54 Å². The first-order valence-electron chi connectivity index (χ1n) is 5.37. The number of nitrogens with zero attached hydrogens (tertiary/aromatic N) is 1. The summed E-state index contributed by atoms with van der Waals surface area (Å²) in [7, 11) is 0. The van der Waals surface area contributed by atoms with Crippen molar-refractivity contribution >= 4 is 5.69 Å². The summed E-state index contributed by atoms with van der Waals surface area (Å²) in [4.78, 5) is 10.1. The molecule has 1 N–H and O–H groups in total. The molecule has 1 rings (SSSR count). The van der Waals surface area contributed by atoms with Gasteiger partial charge in [-0.1, -0.05) is 12.1 Å². The van der Waals surface area contributed by atoms with Crippen molar-refractivity contribution in [2.45, 2.75) is 32.7 Å². The van der Waals surface area contributed by atoms with Crippen molar-refractivity contribution in [3.8, 4) is 0 Å². The van der Waals surface area contributed by atoms with Crippen molar-refractivity contribution in [1.82, 2.24) is 5.32 Å². The van der Waals surface area contributed by atoms with E-state index in [-0.39, 0.29) is 16.1 Å². The lowest BCUT2D eigenvalue weighted by atomic mass is 10.1. The molecule has 0 heterocycles. The molecule has 0 aliphatic rings. The average Bonchev–Trinajstić information content (AvgIpc) is 2.16. The number of nitro benzene ring substituents is 1. The van der Waals surface area contributed by atoms with Crippen molar-refractivity contribution in [1.29, 1.82) is 0 Å². The fraction of sp³-hybridized carbons (Fsp3) is 0.500. The van der Waals surface area contributed by atoms with Gasteiger partial charge in [0, 0.05) is 17.7 Å². The van der Waals surface area contributed by atoms with Crippen molar-refractivity contribution in [3.63, 3.8) is 0 Å². The molecule has 88 valence electrons. The summed E-state index contributed by atoms with van der Waals surface area (Å²) in [6, 6.07) is 6.71. The Morgan fingerprint density at radius 3 is 2.25 bits per heavy atom. The van der Waals surface area contributed by atoms with E-state index in [0.29, 0.717) is 0 Å². The standard InChI is InChI=1S/C12H18N2O2/c1-12(2,3)13-9-8-10-4-6-11(7-5-10)14(15)16/h4-7,13H,8-9H2,1-3H3. The first-order chi connectivity index (χ1) is 7.38. The third-order valence-electron chi connectivity index (χ3n) is 2.22. The molecule has 0 saturated heterocycles. The molecular formula is C12H18N2O2. The van der Waals surface area contributed by atoms with Crippen molar-refractivity contribution in [3.05, 3.63) is 39.9 Å². The number of benzene rings is 1. The summed E-state index contributed by atoms with van der Waals surface area (Å²) in [6.07, 6.45) is 0.884. The molecular weight excluding hydrogens is 204 g/mol. The summed E-state index contributed by atoms with van der Waals surface area (Å²) in [5.41, 5.74) is 1.37. The van der Waals surface area contributed by atoms with E-state index in [2.05, 4.69) is 26.1 Å². The predicted molar refractivity (Wildman–Crippen MR) is 64.6 cm³/mol. The molecule has 0 spiro atoms. The fourth-order valence-electron chi connectivity index (χ4n) is 1.37. The van der Waals surface area contributed by atoms with Gasteiger partial charge in [0.15, 0.2) is 0 Å². The highest BCUT2D eigenvalue weighted by atomic mass is 16.6. The van der Waals surface area contributed by atoms with Gasteiger partial charge in [-0.15, -0.1) is 0 Å². The predicted octanol–water partition coefficient (Wildman–Crippen LogP) is 2.53. The minimum Gasteiger partial charge on any atom is -0.312 e. The van der Waals surface area contributed by atoms with Gasteiger partial charge in [0.1, 0.15) is 0 Å². The van der Waals surface area contributed by atoms with Crippen LogP contribution in [0.4, 0.5) is 5.69 Å². The number of nitrogens with one attached hydrogen (secondary N) is 1. The van der Waals surface area contributed by atoms with E-state index >= 15 is 0 Å². The maximum Gasteiger partial charge on any atom is 0.269 e. The zero-order chi connectivity index (χ0) is 12.2. The van der Waals surface area contributed by atoms with Crippen LogP contribution in [0.25, 0.3) is 0 Å². The second-order valence-electron chi connectivity index (χ2n) is 4.85. The number of hydrogen-bond donors (Lipinski definition) is 1. The molecule has 0 aliphatic carbocycles. The molecule has 0 atom stereocenters. The van der Waals surface area contributed by atoms with Crippen molar-refractivity contribution < 1.29 is 4.92 Å². The van der Waals surface area contributed by atoms with Gasteiger partial charge in [0.2, 0.25) is 0 Å². The zero-order valence-corrected chi connectivity index (χ0v) is 9.99. The first-order valence-corrected chi connectivity index (χ1v) is 5.37. The van der Waals surface area contributed by atoms with E-state index in [1.54, 1.807) is 12.1 Å². The quantitative estimate of drug-likeness (QED) is 0.629.